The molecule has 1 amide bonds. The van der Waals surface area contributed by atoms with Gasteiger partial charge in [-0.05, 0) is 13.8 Å². The van der Waals surface area contributed by atoms with Crippen LogP contribution in [0.25, 0.3) is 0 Å². The number of halogens is 1. The Morgan fingerprint density at radius 3 is 2.12 bits per heavy atom. The van der Waals surface area contributed by atoms with Crippen LogP contribution in [0, 0.1) is 0 Å². The standard InChI is InChI=1S/C9H19ClN2O3S/c1-4-12(5-2)9(13)8-11(3)16(14,15)7-6-10/h4-8H2,1-3H3. The molecule has 96 valence electrons. The molecule has 0 heterocycles. The Hall–Kier alpha value is -0.330. The smallest absolute Gasteiger partial charge is 0.237 e. The number of amides is 1. The Bertz CT molecular complexity index is 315. The number of hydrogen-bond donors (Lipinski definition) is 0. The van der Waals surface area contributed by atoms with E-state index < -0.39 is 10.0 Å². The first kappa shape index (κ1) is 15.7. The maximum atomic E-state index is 11.7. The van der Waals surface area contributed by atoms with Crippen molar-refractivity contribution in [3.63, 3.8) is 0 Å². The Kier molecular flexibility index (Phi) is 6.94. The number of sulfonamides is 1. The summed E-state index contributed by atoms with van der Waals surface area (Å²) in [6, 6.07) is 0. The third kappa shape index (κ3) is 4.67. The van der Waals surface area contributed by atoms with Crippen LogP contribution in [-0.4, -0.2) is 61.8 Å². The number of carbonyl (C=O) groups is 1. The molecule has 0 rings (SSSR count). The lowest BCUT2D eigenvalue weighted by atomic mass is 10.4. The van der Waals surface area contributed by atoms with Crippen molar-refractivity contribution < 1.29 is 13.2 Å². The Balaban J connectivity index is 4.45. The molecule has 0 saturated carbocycles. The monoisotopic (exact) mass is 270 g/mol. The van der Waals surface area contributed by atoms with Gasteiger partial charge in [0, 0.05) is 26.0 Å². The molecule has 0 aromatic carbocycles. The summed E-state index contributed by atoms with van der Waals surface area (Å²) in [5.74, 6) is -0.298. The summed E-state index contributed by atoms with van der Waals surface area (Å²) in [6.45, 7) is 4.75. The van der Waals surface area contributed by atoms with E-state index in [2.05, 4.69) is 0 Å². The van der Waals surface area contributed by atoms with Crippen molar-refractivity contribution in [1.82, 2.24) is 9.21 Å². The zero-order chi connectivity index (χ0) is 12.8. The van der Waals surface area contributed by atoms with E-state index in [-0.39, 0.29) is 24.1 Å². The maximum absolute atomic E-state index is 11.7. The molecular formula is C9H19ClN2O3S. The van der Waals surface area contributed by atoms with Crippen LogP contribution in [0.2, 0.25) is 0 Å². The van der Waals surface area contributed by atoms with E-state index in [1.807, 2.05) is 13.8 Å². The summed E-state index contributed by atoms with van der Waals surface area (Å²) in [7, 11) is -2.01. The van der Waals surface area contributed by atoms with E-state index in [9.17, 15) is 13.2 Å². The van der Waals surface area contributed by atoms with Crippen molar-refractivity contribution >= 4 is 27.5 Å². The molecule has 0 unspecified atom stereocenters. The highest BCUT2D eigenvalue weighted by molar-refractivity contribution is 7.89. The van der Waals surface area contributed by atoms with E-state index in [4.69, 9.17) is 11.6 Å². The highest BCUT2D eigenvalue weighted by Crippen LogP contribution is 2.01. The predicted molar refractivity (Wildman–Crippen MR) is 65.1 cm³/mol. The van der Waals surface area contributed by atoms with Crippen molar-refractivity contribution in [1.29, 1.82) is 0 Å². The van der Waals surface area contributed by atoms with Gasteiger partial charge in [-0.2, -0.15) is 4.31 Å². The topological polar surface area (TPSA) is 57.7 Å². The maximum Gasteiger partial charge on any atom is 0.237 e. The third-order valence-electron chi connectivity index (χ3n) is 2.28. The summed E-state index contributed by atoms with van der Waals surface area (Å²) < 4.78 is 24.1. The highest BCUT2D eigenvalue weighted by Gasteiger charge is 2.21. The van der Waals surface area contributed by atoms with Crippen molar-refractivity contribution in [3.8, 4) is 0 Å². The van der Waals surface area contributed by atoms with Gasteiger partial charge in [-0.15, -0.1) is 11.6 Å². The van der Waals surface area contributed by atoms with Crippen LogP contribution < -0.4 is 0 Å². The van der Waals surface area contributed by atoms with E-state index in [1.165, 1.54) is 7.05 Å². The number of rotatable bonds is 7. The molecule has 0 spiro atoms. The summed E-state index contributed by atoms with van der Waals surface area (Å²) >= 11 is 5.38. The molecule has 0 aliphatic rings. The second-order valence-corrected chi connectivity index (χ2v) is 5.90. The van der Waals surface area contributed by atoms with Crippen LogP contribution in [0.1, 0.15) is 13.8 Å². The number of nitrogens with zero attached hydrogens (tertiary/aromatic N) is 2. The quantitative estimate of drug-likeness (QED) is 0.628. The van der Waals surface area contributed by atoms with Crippen LogP contribution in [0.5, 0.6) is 0 Å². The first-order valence-corrected chi connectivity index (χ1v) is 7.31. The van der Waals surface area contributed by atoms with Gasteiger partial charge in [0.15, 0.2) is 0 Å². The fraction of sp³-hybridized carbons (Fsp3) is 0.889. The normalized spacial score (nSPS) is 11.8. The molecule has 0 bridgehead atoms. The second kappa shape index (κ2) is 7.09. The van der Waals surface area contributed by atoms with Gasteiger partial charge >= 0.3 is 0 Å². The molecule has 0 aliphatic heterocycles. The third-order valence-corrected chi connectivity index (χ3v) is 4.50. The molecule has 0 atom stereocenters. The molecule has 0 aromatic heterocycles. The summed E-state index contributed by atoms with van der Waals surface area (Å²) in [6.07, 6.45) is 0. The molecule has 0 radical (unpaired) electrons. The lowest BCUT2D eigenvalue weighted by molar-refractivity contribution is -0.130. The lowest BCUT2D eigenvalue weighted by Crippen LogP contribution is -2.41. The van der Waals surface area contributed by atoms with Crippen molar-refractivity contribution in [2.75, 3.05) is 38.3 Å². The predicted octanol–water partition coefficient (Wildman–Crippen LogP) is 0.355. The van der Waals surface area contributed by atoms with Gasteiger partial charge in [0.1, 0.15) is 0 Å². The van der Waals surface area contributed by atoms with Gasteiger partial charge in [-0.1, -0.05) is 0 Å². The van der Waals surface area contributed by atoms with Gasteiger partial charge in [-0.3, -0.25) is 4.79 Å². The molecule has 0 aromatic rings. The first-order chi connectivity index (χ1) is 7.38. The van der Waals surface area contributed by atoms with E-state index in [0.717, 1.165) is 4.31 Å². The minimum absolute atomic E-state index is 0.0339. The Morgan fingerprint density at radius 1 is 1.25 bits per heavy atom. The Labute approximate surface area is 102 Å². The molecule has 0 N–H and O–H groups in total. The van der Waals surface area contributed by atoms with Crippen LogP contribution in [0.3, 0.4) is 0 Å². The van der Waals surface area contributed by atoms with Gasteiger partial charge in [0.2, 0.25) is 15.9 Å². The minimum Gasteiger partial charge on any atom is -0.342 e. The molecule has 5 nitrogen and oxygen atoms in total. The molecule has 0 saturated heterocycles. The van der Waals surface area contributed by atoms with E-state index in [0.29, 0.717) is 13.1 Å². The fourth-order valence-corrected chi connectivity index (χ4v) is 2.62. The summed E-state index contributed by atoms with van der Waals surface area (Å²) in [4.78, 5) is 13.2. The van der Waals surface area contributed by atoms with Crippen molar-refractivity contribution in [2.45, 2.75) is 13.8 Å². The van der Waals surface area contributed by atoms with Gasteiger partial charge in [0.05, 0.1) is 12.3 Å². The van der Waals surface area contributed by atoms with Crippen molar-refractivity contribution in [2.24, 2.45) is 0 Å². The lowest BCUT2D eigenvalue weighted by Gasteiger charge is -2.22. The van der Waals surface area contributed by atoms with Crippen LogP contribution in [0.4, 0.5) is 0 Å². The van der Waals surface area contributed by atoms with Gasteiger partial charge < -0.3 is 4.90 Å². The Morgan fingerprint density at radius 2 is 1.75 bits per heavy atom. The zero-order valence-electron chi connectivity index (χ0n) is 9.94. The fourth-order valence-electron chi connectivity index (χ4n) is 1.22. The summed E-state index contributed by atoms with van der Waals surface area (Å²) in [5, 5.41) is 0. The van der Waals surface area contributed by atoms with E-state index in [1.54, 1.807) is 4.90 Å². The molecule has 16 heavy (non-hydrogen) atoms. The zero-order valence-corrected chi connectivity index (χ0v) is 11.5. The van der Waals surface area contributed by atoms with Crippen LogP contribution in [0.15, 0.2) is 0 Å². The molecule has 0 fully saturated rings. The first-order valence-electron chi connectivity index (χ1n) is 5.16. The molecular weight excluding hydrogens is 252 g/mol. The highest BCUT2D eigenvalue weighted by atomic mass is 35.5. The second-order valence-electron chi connectivity index (χ2n) is 3.33. The molecule has 7 heteroatoms. The van der Waals surface area contributed by atoms with Gasteiger partial charge in [-0.25, -0.2) is 8.42 Å². The molecule has 0 aliphatic carbocycles. The van der Waals surface area contributed by atoms with Crippen LogP contribution in [-0.2, 0) is 14.8 Å². The largest absolute Gasteiger partial charge is 0.342 e. The van der Waals surface area contributed by atoms with Gasteiger partial charge in [0.25, 0.3) is 0 Å². The number of likely N-dealkylation sites (N-methyl/N-ethyl adjacent to an activating group) is 2. The average molecular weight is 271 g/mol. The number of hydrogen-bond acceptors (Lipinski definition) is 3. The minimum atomic E-state index is -3.40. The SMILES string of the molecule is CCN(CC)C(=O)CN(C)S(=O)(=O)CCCl. The summed E-state index contributed by atoms with van der Waals surface area (Å²) in [5.41, 5.74) is 0. The van der Waals surface area contributed by atoms with Crippen LogP contribution >= 0.6 is 11.6 Å². The van der Waals surface area contributed by atoms with Crippen molar-refractivity contribution in [3.05, 3.63) is 0 Å². The number of carbonyl (C=O) groups excluding carboxylic acids is 1. The van der Waals surface area contributed by atoms with E-state index >= 15 is 0 Å². The number of alkyl halides is 1. The average Bonchev–Trinajstić information content (AvgIpc) is 2.19.